The van der Waals surface area contributed by atoms with Crippen LogP contribution in [0.25, 0.3) is 0 Å². The van der Waals surface area contributed by atoms with E-state index in [4.69, 9.17) is 19.9 Å². The molecule has 2 aliphatic rings. The van der Waals surface area contributed by atoms with Gasteiger partial charge >= 0.3 is 6.09 Å². The minimum atomic E-state index is -1.00. The number of hydrogen-bond acceptors (Lipinski definition) is 9. The van der Waals surface area contributed by atoms with E-state index in [-0.39, 0.29) is 41.4 Å². The summed E-state index contributed by atoms with van der Waals surface area (Å²) in [7, 11) is 2.92. The predicted octanol–water partition coefficient (Wildman–Crippen LogP) is 2.54. The van der Waals surface area contributed by atoms with Crippen molar-refractivity contribution >= 4 is 23.6 Å². The van der Waals surface area contributed by atoms with Crippen LogP contribution < -0.4 is 16.4 Å². The van der Waals surface area contributed by atoms with Crippen molar-refractivity contribution < 1.29 is 38.5 Å². The minimum absolute atomic E-state index is 0.132. The van der Waals surface area contributed by atoms with E-state index in [0.717, 1.165) is 6.08 Å². The Morgan fingerprint density at radius 2 is 1.90 bits per heavy atom. The van der Waals surface area contributed by atoms with E-state index in [1.165, 1.54) is 20.3 Å². The van der Waals surface area contributed by atoms with Gasteiger partial charge in [-0.25, -0.2) is 4.79 Å². The number of amides is 2. The van der Waals surface area contributed by atoms with Crippen LogP contribution in [0.15, 0.2) is 71.1 Å². The van der Waals surface area contributed by atoms with Gasteiger partial charge < -0.3 is 35.7 Å². The zero-order valence-corrected chi connectivity index (χ0v) is 25.1. The number of nitrogens with one attached hydrogen (secondary N) is 2. The number of methoxy groups -OCH3 is 2. The molecule has 1 aliphatic carbocycles. The van der Waals surface area contributed by atoms with Crippen LogP contribution in [0.3, 0.4) is 0 Å². The molecule has 0 saturated heterocycles. The first kappa shape index (κ1) is 34.4. The summed E-state index contributed by atoms with van der Waals surface area (Å²) in [6.07, 6.45) is 5.34. The first-order valence-electron chi connectivity index (χ1n) is 13.8. The first-order chi connectivity index (χ1) is 19.8. The Labute approximate surface area is 247 Å². The van der Waals surface area contributed by atoms with Crippen LogP contribution in [0.2, 0.25) is 0 Å². The minimum Gasteiger partial charge on any atom is -0.439 e. The van der Waals surface area contributed by atoms with Gasteiger partial charge in [0.15, 0.2) is 6.10 Å². The maximum absolute atomic E-state index is 13.5. The van der Waals surface area contributed by atoms with Crippen molar-refractivity contribution in [1.29, 1.82) is 0 Å². The van der Waals surface area contributed by atoms with Gasteiger partial charge in [0, 0.05) is 43.9 Å². The lowest BCUT2D eigenvalue weighted by molar-refractivity contribution is -0.120. The molecule has 230 valence electrons. The van der Waals surface area contributed by atoms with Crippen molar-refractivity contribution in [1.82, 2.24) is 10.6 Å². The zero-order valence-electron chi connectivity index (χ0n) is 25.1. The molecule has 0 aromatic carbocycles. The SMILES string of the molecule is C=CCNC1=C2C[C@H](C)C[C@H](OC)[C@H](O)[C@@H](C)/C=C(/C)[C@H](OC(N)=O)[C@@H](OC)/C=C\C=C(\C)C(=O)NC(=CC1=O)C2=O. The van der Waals surface area contributed by atoms with Crippen LogP contribution >= 0.6 is 0 Å². The Morgan fingerprint density at radius 1 is 1.21 bits per heavy atom. The molecule has 2 rings (SSSR count). The van der Waals surface area contributed by atoms with Gasteiger partial charge in [0.2, 0.25) is 11.6 Å². The monoisotopic (exact) mass is 585 g/mol. The van der Waals surface area contributed by atoms with Crippen molar-refractivity contribution in [3.63, 3.8) is 0 Å². The van der Waals surface area contributed by atoms with Crippen molar-refractivity contribution in [3.8, 4) is 0 Å². The Hall–Kier alpha value is -3.80. The van der Waals surface area contributed by atoms with Crippen LogP contribution in [0.4, 0.5) is 4.79 Å². The third-order valence-electron chi connectivity index (χ3n) is 7.22. The molecule has 0 aromatic heterocycles. The highest BCUT2D eigenvalue weighted by Crippen LogP contribution is 2.28. The molecule has 0 radical (unpaired) electrons. The number of carbonyl (C=O) groups excluding carboxylic acids is 4. The number of ketones is 2. The number of allylic oxidation sites excluding steroid dienone is 4. The van der Waals surface area contributed by atoms with Gasteiger partial charge in [0.05, 0.1) is 23.6 Å². The van der Waals surface area contributed by atoms with Crippen LogP contribution in [0, 0.1) is 11.8 Å². The molecular weight excluding hydrogens is 542 g/mol. The van der Waals surface area contributed by atoms with Gasteiger partial charge in [-0.2, -0.15) is 0 Å². The smallest absolute Gasteiger partial charge is 0.405 e. The molecule has 42 heavy (non-hydrogen) atoms. The van der Waals surface area contributed by atoms with Crippen LogP contribution in [-0.2, 0) is 28.6 Å². The van der Waals surface area contributed by atoms with Crippen LogP contribution in [0.1, 0.15) is 40.5 Å². The van der Waals surface area contributed by atoms with Crippen molar-refractivity contribution in [2.75, 3.05) is 20.8 Å². The Morgan fingerprint density at radius 3 is 2.50 bits per heavy atom. The molecule has 0 saturated carbocycles. The Balaban J connectivity index is 2.62. The average Bonchev–Trinajstić information content (AvgIpc) is 2.94. The standard InChI is InChI=1S/C31H43N3O8/c1-8-12-33-26-21-13-17(2)14-25(41-7)27(36)19(4)15-20(5)29(42-31(32)39)24(40-6)11-9-10-18(3)30(38)34-22(28(21)37)16-23(26)35/h8-11,15-17,19,24-25,27,29,33,36H,1,12-14H2,2-7H3,(H2,32,39)(H,34,38)/b11-9-,18-10-,20-15-/t17-,19-,24-,25-,27+,29-/m0/s1. The molecule has 5 N–H and O–H groups in total. The fraction of sp³-hybridized carbons (Fsp3) is 0.484. The summed E-state index contributed by atoms with van der Waals surface area (Å²) in [6, 6.07) is 0. The number of Topliss-reactive ketones (excluding diaryl/α,β-unsaturated/α-hetero) is 1. The lowest BCUT2D eigenvalue weighted by Gasteiger charge is -2.30. The molecule has 0 spiro atoms. The second-order valence-corrected chi connectivity index (χ2v) is 10.6. The van der Waals surface area contributed by atoms with E-state index < -0.39 is 53.9 Å². The topological polar surface area (TPSA) is 166 Å². The van der Waals surface area contributed by atoms with Crippen LogP contribution in [-0.4, -0.2) is 73.9 Å². The van der Waals surface area contributed by atoms with E-state index in [9.17, 15) is 24.3 Å². The summed E-state index contributed by atoms with van der Waals surface area (Å²) in [5.41, 5.74) is 6.42. The molecule has 0 unspecified atom stereocenters. The van der Waals surface area contributed by atoms with Gasteiger partial charge in [-0.15, -0.1) is 6.58 Å². The molecule has 2 amide bonds. The fourth-order valence-corrected chi connectivity index (χ4v) is 4.95. The quantitative estimate of drug-likeness (QED) is 0.271. The number of hydrogen-bond donors (Lipinski definition) is 4. The lowest BCUT2D eigenvalue weighted by atomic mass is 9.85. The lowest BCUT2D eigenvalue weighted by Crippen LogP contribution is -2.37. The highest BCUT2D eigenvalue weighted by atomic mass is 16.6. The van der Waals surface area contributed by atoms with E-state index in [1.807, 2.05) is 6.92 Å². The van der Waals surface area contributed by atoms with Gasteiger partial charge in [0.25, 0.3) is 5.91 Å². The summed E-state index contributed by atoms with van der Waals surface area (Å²) < 4.78 is 16.6. The number of rotatable bonds is 6. The number of aliphatic hydroxyl groups excluding tert-OH is 1. The summed E-state index contributed by atoms with van der Waals surface area (Å²) in [5.74, 6) is -2.14. The molecule has 11 nitrogen and oxygen atoms in total. The van der Waals surface area contributed by atoms with Crippen molar-refractivity contribution in [3.05, 3.63) is 71.1 Å². The maximum Gasteiger partial charge on any atom is 0.405 e. The third kappa shape index (κ3) is 9.10. The van der Waals surface area contributed by atoms with E-state index in [0.29, 0.717) is 12.0 Å². The predicted molar refractivity (Wildman–Crippen MR) is 158 cm³/mol. The molecular formula is C31H43N3O8. The van der Waals surface area contributed by atoms with Gasteiger partial charge in [-0.05, 0) is 38.2 Å². The second kappa shape index (κ2) is 16.0. The molecule has 1 heterocycles. The number of aliphatic hydroxyl groups is 1. The highest BCUT2D eigenvalue weighted by molar-refractivity contribution is 6.23. The van der Waals surface area contributed by atoms with E-state index >= 15 is 0 Å². The molecule has 11 heteroatoms. The molecule has 0 fully saturated rings. The Bertz CT molecular complexity index is 1210. The molecule has 1 aliphatic heterocycles. The number of ether oxygens (including phenoxy) is 3. The fourth-order valence-electron chi connectivity index (χ4n) is 4.95. The van der Waals surface area contributed by atoms with Gasteiger partial charge in [0.1, 0.15) is 6.10 Å². The number of nitrogens with two attached hydrogens (primary N) is 1. The highest BCUT2D eigenvalue weighted by Gasteiger charge is 2.33. The number of carbonyl (C=O) groups is 4. The van der Waals surface area contributed by atoms with Crippen molar-refractivity contribution in [2.24, 2.45) is 17.6 Å². The zero-order chi connectivity index (χ0) is 31.6. The largest absolute Gasteiger partial charge is 0.439 e. The molecule has 2 bridgehead atoms. The summed E-state index contributed by atoms with van der Waals surface area (Å²) in [5, 5.41) is 16.7. The molecule has 6 atom stereocenters. The maximum atomic E-state index is 13.5. The number of fused-ring (bicyclic) bond motifs is 2. The van der Waals surface area contributed by atoms with Gasteiger partial charge in [-0.1, -0.05) is 44.2 Å². The normalized spacial score (nSPS) is 31.6. The summed E-state index contributed by atoms with van der Waals surface area (Å²) >= 11 is 0. The van der Waals surface area contributed by atoms with E-state index in [1.54, 1.807) is 45.1 Å². The third-order valence-corrected chi connectivity index (χ3v) is 7.22. The molecule has 0 aromatic rings. The van der Waals surface area contributed by atoms with Crippen molar-refractivity contribution in [2.45, 2.75) is 65.0 Å². The first-order valence-corrected chi connectivity index (χ1v) is 13.8. The Kier molecular flexibility index (Phi) is 13.1. The van der Waals surface area contributed by atoms with E-state index in [2.05, 4.69) is 17.2 Å². The second-order valence-electron chi connectivity index (χ2n) is 10.6. The average molecular weight is 586 g/mol. The van der Waals surface area contributed by atoms with Gasteiger partial charge in [-0.3, -0.25) is 14.4 Å². The van der Waals surface area contributed by atoms with Crippen LogP contribution in [0.5, 0.6) is 0 Å². The summed E-state index contributed by atoms with van der Waals surface area (Å²) in [4.78, 5) is 51.3. The summed E-state index contributed by atoms with van der Waals surface area (Å²) in [6.45, 7) is 10.9. The number of primary amides is 1.